The number of hydrogen-bond donors (Lipinski definition) is 0. The van der Waals surface area contributed by atoms with Gasteiger partial charge >= 0.3 is 0 Å². The Labute approximate surface area is 187 Å². The maximum atomic E-state index is 13.5. The maximum Gasteiger partial charge on any atom is 0.230 e. The highest BCUT2D eigenvalue weighted by Crippen LogP contribution is 2.38. The fraction of sp³-hybridized carbons (Fsp3) is 0.125. The number of benzene rings is 1. The first-order chi connectivity index (χ1) is 16.1. The zero-order valence-corrected chi connectivity index (χ0v) is 17.7. The Morgan fingerprint density at radius 2 is 1.91 bits per heavy atom. The number of nitrogens with zero attached hydrogens (tertiary/aromatic N) is 6. The molecule has 1 unspecified atom stereocenters. The fourth-order valence-corrected chi connectivity index (χ4v) is 3.59. The number of furan rings is 1. The second-order valence-electron chi connectivity index (χ2n) is 7.30. The molecule has 5 rings (SSSR count). The van der Waals surface area contributed by atoms with Gasteiger partial charge in [-0.25, -0.2) is 19.3 Å². The van der Waals surface area contributed by atoms with E-state index >= 15 is 0 Å². The van der Waals surface area contributed by atoms with Gasteiger partial charge in [-0.05, 0) is 49.4 Å². The largest absolute Gasteiger partial charge is 0.480 e. The number of pyridine rings is 1. The Morgan fingerprint density at radius 3 is 2.67 bits per heavy atom. The molecule has 9 heteroatoms. The summed E-state index contributed by atoms with van der Waals surface area (Å²) in [5, 5.41) is 14.7. The van der Waals surface area contributed by atoms with Crippen LogP contribution in [0.1, 0.15) is 13.0 Å². The Balaban J connectivity index is 1.72. The number of fused-ring (bicyclic) bond motifs is 1. The van der Waals surface area contributed by atoms with Crippen LogP contribution in [0.3, 0.4) is 0 Å². The lowest BCUT2D eigenvalue weighted by Gasteiger charge is -2.03. The molecule has 0 bridgehead atoms. The molecule has 33 heavy (non-hydrogen) atoms. The Morgan fingerprint density at radius 1 is 1.09 bits per heavy atom. The average molecular weight is 440 g/mol. The molecule has 0 aliphatic rings. The summed E-state index contributed by atoms with van der Waals surface area (Å²) in [5.41, 5.74) is 3.57. The van der Waals surface area contributed by atoms with Crippen LogP contribution in [0.2, 0.25) is 0 Å². The maximum absolute atomic E-state index is 13.5. The van der Waals surface area contributed by atoms with Crippen molar-refractivity contribution in [1.82, 2.24) is 24.7 Å². The van der Waals surface area contributed by atoms with Crippen molar-refractivity contribution >= 4 is 11.1 Å². The van der Waals surface area contributed by atoms with Crippen molar-refractivity contribution in [1.29, 1.82) is 5.26 Å². The third-order valence-corrected chi connectivity index (χ3v) is 5.25. The molecular formula is C24H17FN6O2. The van der Waals surface area contributed by atoms with Crippen molar-refractivity contribution in [2.45, 2.75) is 13.0 Å². The topological polar surface area (TPSA) is 103 Å². The first kappa shape index (κ1) is 20.3. The van der Waals surface area contributed by atoms with Gasteiger partial charge in [-0.3, -0.25) is 4.68 Å². The molecule has 0 spiro atoms. The lowest BCUT2D eigenvalue weighted by Crippen LogP contribution is -2.02. The van der Waals surface area contributed by atoms with Crippen LogP contribution in [0.5, 0.6) is 5.88 Å². The van der Waals surface area contributed by atoms with Crippen molar-refractivity contribution < 1.29 is 13.5 Å². The average Bonchev–Trinajstić information content (AvgIpc) is 3.49. The van der Waals surface area contributed by atoms with E-state index in [-0.39, 0.29) is 5.82 Å². The Kier molecular flexibility index (Phi) is 5.03. The molecule has 0 amide bonds. The van der Waals surface area contributed by atoms with Crippen molar-refractivity contribution in [2.24, 2.45) is 0 Å². The lowest BCUT2D eigenvalue weighted by atomic mass is 10.0. The van der Waals surface area contributed by atoms with Crippen molar-refractivity contribution in [3.63, 3.8) is 0 Å². The van der Waals surface area contributed by atoms with E-state index in [2.05, 4.69) is 26.1 Å². The molecule has 4 heterocycles. The monoisotopic (exact) mass is 440 g/mol. The van der Waals surface area contributed by atoms with Gasteiger partial charge in [0, 0.05) is 23.5 Å². The molecule has 8 nitrogen and oxygen atoms in total. The fourth-order valence-electron chi connectivity index (χ4n) is 3.59. The number of ether oxygens (including phenoxy) is 1. The molecule has 0 radical (unpaired) electrons. The van der Waals surface area contributed by atoms with Crippen LogP contribution in [0, 0.1) is 17.1 Å². The highest BCUT2D eigenvalue weighted by Gasteiger charge is 2.22. The summed E-state index contributed by atoms with van der Waals surface area (Å²) in [4.78, 5) is 13.0. The van der Waals surface area contributed by atoms with Crippen LogP contribution in [-0.4, -0.2) is 31.8 Å². The van der Waals surface area contributed by atoms with E-state index in [1.165, 1.54) is 18.5 Å². The number of aromatic nitrogens is 5. The van der Waals surface area contributed by atoms with Gasteiger partial charge < -0.3 is 9.15 Å². The zero-order chi connectivity index (χ0) is 22.9. The quantitative estimate of drug-likeness (QED) is 0.377. The minimum atomic E-state index is -0.505. The van der Waals surface area contributed by atoms with Crippen LogP contribution >= 0.6 is 0 Å². The van der Waals surface area contributed by atoms with E-state index in [0.717, 1.165) is 0 Å². The lowest BCUT2D eigenvalue weighted by molar-refractivity contribution is 0.398. The van der Waals surface area contributed by atoms with Crippen LogP contribution in [-0.2, 0) is 0 Å². The molecular weight excluding hydrogens is 423 g/mol. The van der Waals surface area contributed by atoms with Crippen molar-refractivity contribution in [2.75, 3.05) is 7.11 Å². The highest BCUT2D eigenvalue weighted by atomic mass is 19.1. The summed E-state index contributed by atoms with van der Waals surface area (Å²) < 4.78 is 26.4. The Bertz CT molecular complexity index is 1500. The number of hydrogen-bond acceptors (Lipinski definition) is 7. The molecule has 0 fully saturated rings. The molecule has 0 aliphatic heterocycles. The number of nitriles is 1. The molecule has 0 saturated heterocycles. The molecule has 0 N–H and O–H groups in total. The van der Waals surface area contributed by atoms with Crippen LogP contribution in [0.15, 0.2) is 65.6 Å². The van der Waals surface area contributed by atoms with Gasteiger partial charge in [0.1, 0.15) is 29.6 Å². The van der Waals surface area contributed by atoms with Crippen molar-refractivity contribution in [3.05, 3.63) is 67.0 Å². The Hall–Kier alpha value is -4.58. The highest BCUT2D eigenvalue weighted by molar-refractivity contribution is 5.96. The summed E-state index contributed by atoms with van der Waals surface area (Å²) in [7, 11) is 1.54. The van der Waals surface area contributed by atoms with Gasteiger partial charge in [0.2, 0.25) is 11.6 Å². The minimum Gasteiger partial charge on any atom is -0.480 e. The molecule has 1 atom stereocenters. The third-order valence-electron chi connectivity index (χ3n) is 5.25. The molecule has 0 saturated carbocycles. The van der Waals surface area contributed by atoms with Gasteiger partial charge in [0.25, 0.3) is 0 Å². The third kappa shape index (κ3) is 3.57. The van der Waals surface area contributed by atoms with Crippen molar-refractivity contribution in [3.8, 4) is 45.8 Å². The summed E-state index contributed by atoms with van der Waals surface area (Å²) in [6.07, 6.45) is 4.80. The van der Waals surface area contributed by atoms with Gasteiger partial charge in [-0.15, -0.1) is 0 Å². The first-order valence-electron chi connectivity index (χ1n) is 10.1. The number of rotatable bonds is 5. The zero-order valence-electron chi connectivity index (χ0n) is 17.7. The molecule has 4 aromatic heterocycles. The van der Waals surface area contributed by atoms with Crippen LogP contribution in [0.25, 0.3) is 44.9 Å². The van der Waals surface area contributed by atoms with E-state index in [4.69, 9.17) is 9.15 Å². The summed E-state index contributed by atoms with van der Waals surface area (Å²) in [6, 6.07) is 13.1. The summed E-state index contributed by atoms with van der Waals surface area (Å²) in [5.74, 6) is 0.603. The number of methoxy groups -OCH3 is 1. The minimum absolute atomic E-state index is 0.348. The smallest absolute Gasteiger partial charge is 0.230 e. The van der Waals surface area contributed by atoms with Gasteiger partial charge in [0.15, 0.2) is 0 Å². The predicted molar refractivity (Wildman–Crippen MR) is 119 cm³/mol. The molecule has 1 aromatic carbocycles. The van der Waals surface area contributed by atoms with Gasteiger partial charge in [0.05, 0.1) is 29.8 Å². The standard InChI is InChI=1S/C24H17FN6O2/c1-14(11-26)31-12-19(21(30-31)15-5-7-16(25)8-6-15)22-18-10-20(33-24(18)29-13-28-22)17-4-3-9-27-23(17)32-2/h3-10,12-14H,1-2H3. The summed E-state index contributed by atoms with van der Waals surface area (Å²) >= 11 is 0. The van der Waals surface area contributed by atoms with Gasteiger partial charge in [-0.1, -0.05) is 0 Å². The second-order valence-corrected chi connectivity index (χ2v) is 7.30. The molecule has 5 aromatic rings. The second kappa shape index (κ2) is 8.16. The number of halogens is 1. The van der Waals surface area contributed by atoms with E-state index in [0.29, 0.717) is 50.8 Å². The first-order valence-corrected chi connectivity index (χ1v) is 10.1. The van der Waals surface area contributed by atoms with Crippen LogP contribution in [0.4, 0.5) is 4.39 Å². The van der Waals surface area contributed by atoms with E-state index < -0.39 is 6.04 Å². The van der Waals surface area contributed by atoms with E-state index in [1.807, 2.05) is 12.1 Å². The summed E-state index contributed by atoms with van der Waals surface area (Å²) in [6.45, 7) is 1.74. The molecule has 162 valence electrons. The van der Waals surface area contributed by atoms with Gasteiger partial charge in [-0.2, -0.15) is 10.4 Å². The van der Waals surface area contributed by atoms with E-state index in [9.17, 15) is 9.65 Å². The van der Waals surface area contributed by atoms with Crippen LogP contribution < -0.4 is 4.74 Å². The van der Waals surface area contributed by atoms with E-state index in [1.54, 1.807) is 49.3 Å². The molecule has 0 aliphatic carbocycles. The SMILES string of the molecule is COc1ncccc1-c1cc2c(-c3cn(C(C)C#N)nc3-c3ccc(F)cc3)ncnc2o1. The normalized spacial score (nSPS) is 11.9. The predicted octanol–water partition coefficient (Wildman–Crippen LogP) is 5.05.